The van der Waals surface area contributed by atoms with Crippen molar-refractivity contribution in [2.24, 2.45) is 0 Å². The van der Waals surface area contributed by atoms with Crippen molar-refractivity contribution in [2.45, 2.75) is 32.0 Å². The Hall–Kier alpha value is -0.0900. The normalized spacial score (nSPS) is 24.9. The van der Waals surface area contributed by atoms with E-state index in [-0.39, 0.29) is 5.60 Å². The lowest BCUT2D eigenvalue weighted by atomic mass is 9.96. The number of rotatable bonds is 3. The zero-order chi connectivity index (χ0) is 12.3. The van der Waals surface area contributed by atoms with E-state index in [2.05, 4.69) is 28.2 Å². The van der Waals surface area contributed by atoms with Gasteiger partial charge in [-0.1, -0.05) is 33.6 Å². The molecule has 1 aliphatic rings. The third kappa shape index (κ3) is 3.68. The number of piperidine rings is 1. The molecule has 1 N–H and O–H groups in total. The van der Waals surface area contributed by atoms with Gasteiger partial charge in [-0.15, -0.1) is 0 Å². The fourth-order valence-corrected chi connectivity index (χ4v) is 2.77. The first-order valence-electron chi connectivity index (χ1n) is 5.88. The molecule has 2 nitrogen and oxygen atoms in total. The van der Waals surface area contributed by atoms with E-state index in [9.17, 15) is 0 Å². The minimum atomic E-state index is -0.0609. The summed E-state index contributed by atoms with van der Waals surface area (Å²) in [6.45, 7) is 4.75. The van der Waals surface area contributed by atoms with Gasteiger partial charge in [0.1, 0.15) is 0 Å². The predicted molar refractivity (Wildman–Crippen MR) is 74.4 cm³/mol. The van der Waals surface area contributed by atoms with Crippen molar-refractivity contribution in [3.05, 3.63) is 33.3 Å². The molecule has 0 saturated carbocycles. The van der Waals surface area contributed by atoms with Gasteiger partial charge in [-0.2, -0.15) is 0 Å². The van der Waals surface area contributed by atoms with Crippen molar-refractivity contribution in [1.29, 1.82) is 0 Å². The summed E-state index contributed by atoms with van der Waals surface area (Å²) in [6.07, 6.45) is 2.28. The Bertz CT molecular complexity index is 391. The van der Waals surface area contributed by atoms with Crippen LogP contribution in [0.2, 0.25) is 5.02 Å². The maximum absolute atomic E-state index is 6.17. The molecule has 0 aliphatic carbocycles. The highest BCUT2D eigenvalue weighted by Crippen LogP contribution is 2.26. The van der Waals surface area contributed by atoms with E-state index >= 15 is 0 Å². The van der Waals surface area contributed by atoms with Gasteiger partial charge in [0.05, 0.1) is 12.2 Å². The summed E-state index contributed by atoms with van der Waals surface area (Å²) in [5, 5.41) is 4.13. The summed E-state index contributed by atoms with van der Waals surface area (Å²) in [5.41, 5.74) is 0.982. The van der Waals surface area contributed by atoms with Crippen LogP contribution in [-0.2, 0) is 11.3 Å². The van der Waals surface area contributed by atoms with Crippen molar-refractivity contribution < 1.29 is 4.74 Å². The van der Waals surface area contributed by atoms with E-state index in [0.717, 1.165) is 34.6 Å². The second kappa shape index (κ2) is 5.70. The summed E-state index contributed by atoms with van der Waals surface area (Å²) in [6, 6.07) is 5.90. The molecule has 1 unspecified atom stereocenters. The van der Waals surface area contributed by atoms with E-state index in [4.69, 9.17) is 16.3 Å². The molecule has 0 radical (unpaired) electrons. The zero-order valence-electron chi connectivity index (χ0n) is 9.93. The van der Waals surface area contributed by atoms with Gasteiger partial charge in [-0.05, 0) is 44.0 Å². The summed E-state index contributed by atoms with van der Waals surface area (Å²) >= 11 is 9.57. The summed E-state index contributed by atoms with van der Waals surface area (Å²) in [4.78, 5) is 0. The van der Waals surface area contributed by atoms with Crippen molar-refractivity contribution in [3.63, 3.8) is 0 Å². The summed E-state index contributed by atoms with van der Waals surface area (Å²) < 4.78 is 7.01. The van der Waals surface area contributed by atoms with Crippen LogP contribution in [0.5, 0.6) is 0 Å². The monoisotopic (exact) mass is 317 g/mol. The van der Waals surface area contributed by atoms with Crippen LogP contribution >= 0.6 is 27.5 Å². The van der Waals surface area contributed by atoms with E-state index < -0.39 is 0 Å². The van der Waals surface area contributed by atoms with Crippen molar-refractivity contribution in [1.82, 2.24) is 5.32 Å². The maximum Gasteiger partial charge on any atom is 0.0783 e. The molecule has 1 heterocycles. The molecule has 1 aromatic carbocycles. The van der Waals surface area contributed by atoms with E-state index in [1.807, 2.05) is 18.2 Å². The maximum atomic E-state index is 6.17. The standard InChI is InChI=1S/C13H17BrClNO/c1-13(5-2-6-16-9-13)17-8-10-3-4-11(14)7-12(10)15/h3-4,7,16H,2,5-6,8-9H2,1H3. The molecule has 0 aromatic heterocycles. The average Bonchev–Trinajstić information content (AvgIpc) is 2.29. The summed E-state index contributed by atoms with van der Waals surface area (Å²) in [5.74, 6) is 0. The number of benzene rings is 1. The predicted octanol–water partition coefficient (Wildman–Crippen LogP) is 3.76. The molecule has 1 aliphatic heterocycles. The second-order valence-corrected chi connectivity index (χ2v) is 6.08. The topological polar surface area (TPSA) is 21.3 Å². The van der Waals surface area contributed by atoms with Gasteiger partial charge in [0.25, 0.3) is 0 Å². The molecule has 1 aromatic rings. The second-order valence-electron chi connectivity index (χ2n) is 4.75. The van der Waals surface area contributed by atoms with Crippen LogP contribution in [0.1, 0.15) is 25.3 Å². The van der Waals surface area contributed by atoms with E-state index in [1.165, 1.54) is 6.42 Å². The average molecular weight is 319 g/mol. The van der Waals surface area contributed by atoms with Crippen molar-refractivity contribution in [3.8, 4) is 0 Å². The third-order valence-corrected chi connectivity index (χ3v) is 3.99. The number of hydrogen-bond donors (Lipinski definition) is 1. The molecule has 94 valence electrons. The highest BCUT2D eigenvalue weighted by molar-refractivity contribution is 9.10. The molecular formula is C13H17BrClNO. The number of halogens is 2. The third-order valence-electron chi connectivity index (χ3n) is 3.15. The van der Waals surface area contributed by atoms with Crippen molar-refractivity contribution >= 4 is 27.5 Å². The van der Waals surface area contributed by atoms with Crippen LogP contribution < -0.4 is 5.32 Å². The molecule has 1 fully saturated rings. The van der Waals surface area contributed by atoms with Gasteiger partial charge < -0.3 is 10.1 Å². The lowest BCUT2D eigenvalue weighted by Crippen LogP contribution is -2.45. The number of nitrogens with one attached hydrogen (secondary N) is 1. The first kappa shape index (κ1) is 13.3. The Morgan fingerprint density at radius 3 is 3.00 bits per heavy atom. The number of ether oxygens (including phenoxy) is 1. The Labute approximate surface area is 116 Å². The van der Waals surface area contributed by atoms with Crippen LogP contribution in [0.4, 0.5) is 0 Å². The minimum absolute atomic E-state index is 0.0609. The highest BCUT2D eigenvalue weighted by atomic mass is 79.9. The van der Waals surface area contributed by atoms with Gasteiger partial charge in [0, 0.05) is 16.0 Å². The molecule has 1 atom stereocenters. The summed E-state index contributed by atoms with van der Waals surface area (Å²) in [7, 11) is 0. The molecule has 4 heteroatoms. The minimum Gasteiger partial charge on any atom is -0.369 e. The van der Waals surface area contributed by atoms with Gasteiger partial charge >= 0.3 is 0 Å². The van der Waals surface area contributed by atoms with Crippen LogP contribution in [0.25, 0.3) is 0 Å². The van der Waals surface area contributed by atoms with Gasteiger partial charge in [-0.25, -0.2) is 0 Å². The van der Waals surface area contributed by atoms with Gasteiger partial charge in [0.15, 0.2) is 0 Å². The van der Waals surface area contributed by atoms with Crippen LogP contribution in [0, 0.1) is 0 Å². The molecule has 0 spiro atoms. The zero-order valence-corrected chi connectivity index (χ0v) is 12.3. The molecule has 17 heavy (non-hydrogen) atoms. The molecule has 0 amide bonds. The highest BCUT2D eigenvalue weighted by Gasteiger charge is 2.27. The first-order valence-corrected chi connectivity index (χ1v) is 7.05. The Morgan fingerprint density at radius 1 is 1.53 bits per heavy atom. The largest absolute Gasteiger partial charge is 0.369 e. The van der Waals surface area contributed by atoms with E-state index in [1.54, 1.807) is 0 Å². The quantitative estimate of drug-likeness (QED) is 0.916. The fraction of sp³-hybridized carbons (Fsp3) is 0.538. The number of hydrogen-bond acceptors (Lipinski definition) is 2. The SMILES string of the molecule is CC1(OCc2ccc(Br)cc2Cl)CCCNC1. The molecular weight excluding hydrogens is 302 g/mol. The smallest absolute Gasteiger partial charge is 0.0783 e. The van der Waals surface area contributed by atoms with Crippen LogP contribution in [-0.4, -0.2) is 18.7 Å². The Morgan fingerprint density at radius 2 is 2.35 bits per heavy atom. The van der Waals surface area contributed by atoms with Gasteiger partial charge in [0.2, 0.25) is 0 Å². The lowest BCUT2D eigenvalue weighted by molar-refractivity contribution is -0.0571. The Kier molecular flexibility index (Phi) is 4.47. The molecule has 2 rings (SSSR count). The van der Waals surface area contributed by atoms with Crippen LogP contribution in [0.15, 0.2) is 22.7 Å². The fourth-order valence-electron chi connectivity index (χ4n) is 2.04. The first-order chi connectivity index (χ1) is 8.09. The Balaban J connectivity index is 1.97. The molecule has 0 bridgehead atoms. The van der Waals surface area contributed by atoms with E-state index in [0.29, 0.717) is 6.61 Å². The van der Waals surface area contributed by atoms with Crippen LogP contribution in [0.3, 0.4) is 0 Å². The van der Waals surface area contributed by atoms with Crippen molar-refractivity contribution in [2.75, 3.05) is 13.1 Å². The van der Waals surface area contributed by atoms with Gasteiger partial charge in [-0.3, -0.25) is 0 Å². The molecule has 1 saturated heterocycles. The lowest BCUT2D eigenvalue weighted by Gasteiger charge is -2.34.